The van der Waals surface area contributed by atoms with Crippen LogP contribution in [0.15, 0.2) is 30.3 Å². The third-order valence-electron chi connectivity index (χ3n) is 2.86. The Bertz CT molecular complexity index is 588. The monoisotopic (exact) mass is 311 g/mol. The number of aromatic amines is 1. The molecule has 0 bridgehead atoms. The minimum Gasteiger partial charge on any atom is -0.493 e. The number of carbonyl (C=O) groups excluding carboxylic acids is 1. The Balaban J connectivity index is 2.25. The molecule has 106 valence electrons. The van der Waals surface area contributed by atoms with E-state index >= 15 is 0 Å². The van der Waals surface area contributed by atoms with Gasteiger partial charge in [0.15, 0.2) is 0 Å². The summed E-state index contributed by atoms with van der Waals surface area (Å²) in [6, 6.07) is 8.68. The van der Waals surface area contributed by atoms with E-state index in [-0.39, 0.29) is 10.9 Å². The van der Waals surface area contributed by atoms with Crippen LogP contribution in [0.25, 0.3) is 0 Å². The number of unbranched alkanes of at least 4 members (excludes halogenated alkanes) is 1. The zero-order chi connectivity index (χ0) is 14.5. The molecule has 0 aliphatic rings. The van der Waals surface area contributed by atoms with Crippen molar-refractivity contribution in [3.05, 3.63) is 51.8 Å². The Morgan fingerprint density at radius 2 is 2.05 bits per heavy atom. The van der Waals surface area contributed by atoms with Crippen LogP contribution in [0.5, 0.6) is 5.75 Å². The molecule has 2 aromatic rings. The van der Waals surface area contributed by atoms with E-state index in [1.54, 1.807) is 18.2 Å². The van der Waals surface area contributed by atoms with E-state index in [2.05, 4.69) is 11.9 Å². The van der Waals surface area contributed by atoms with Crippen molar-refractivity contribution in [2.75, 3.05) is 6.61 Å². The van der Waals surface area contributed by atoms with Crippen molar-refractivity contribution >= 4 is 29.0 Å². The van der Waals surface area contributed by atoms with E-state index < -0.39 is 0 Å². The average molecular weight is 312 g/mol. The van der Waals surface area contributed by atoms with E-state index in [4.69, 9.17) is 27.9 Å². The molecule has 0 saturated carbocycles. The molecule has 0 aliphatic heterocycles. The summed E-state index contributed by atoms with van der Waals surface area (Å²) in [6.45, 7) is 2.68. The lowest BCUT2D eigenvalue weighted by Gasteiger charge is -2.09. The number of H-pyrrole nitrogens is 1. The summed E-state index contributed by atoms with van der Waals surface area (Å²) in [5.41, 5.74) is 0.852. The normalized spacial score (nSPS) is 10.6. The van der Waals surface area contributed by atoms with Crippen LogP contribution in [0.1, 0.15) is 35.8 Å². The van der Waals surface area contributed by atoms with Crippen molar-refractivity contribution in [1.29, 1.82) is 0 Å². The fourth-order valence-corrected chi connectivity index (χ4v) is 2.09. The molecule has 1 heterocycles. The van der Waals surface area contributed by atoms with Crippen molar-refractivity contribution in [3.63, 3.8) is 0 Å². The minimum absolute atomic E-state index is 0.189. The summed E-state index contributed by atoms with van der Waals surface area (Å²) in [4.78, 5) is 15.2. The highest BCUT2D eigenvalue weighted by Crippen LogP contribution is 2.26. The van der Waals surface area contributed by atoms with Crippen LogP contribution < -0.4 is 4.74 Å². The SMILES string of the molecule is CCCCOc1ccccc1C(=O)c1cc(Cl)c(Cl)[nH]1. The second-order valence-electron chi connectivity index (χ2n) is 4.37. The Morgan fingerprint density at radius 1 is 1.30 bits per heavy atom. The standard InChI is InChI=1S/C15H15Cl2NO2/c1-2-3-8-20-13-7-5-4-6-10(13)14(19)12-9-11(16)15(17)18-12/h4-7,9,18H,2-3,8H2,1H3. The number of rotatable bonds is 6. The molecule has 5 heteroatoms. The number of benzene rings is 1. The van der Waals surface area contributed by atoms with Gasteiger partial charge in [-0.15, -0.1) is 0 Å². The van der Waals surface area contributed by atoms with Crippen molar-refractivity contribution in [3.8, 4) is 5.75 Å². The first-order valence-corrected chi connectivity index (χ1v) is 7.19. The summed E-state index contributed by atoms with van der Waals surface area (Å²) in [7, 11) is 0. The first-order chi connectivity index (χ1) is 9.63. The lowest BCUT2D eigenvalue weighted by molar-refractivity contribution is 0.103. The number of halogens is 2. The number of hydrogen-bond acceptors (Lipinski definition) is 2. The molecule has 0 spiro atoms. The fraction of sp³-hybridized carbons (Fsp3) is 0.267. The number of nitrogens with one attached hydrogen (secondary N) is 1. The Hall–Kier alpha value is -1.45. The second-order valence-corrected chi connectivity index (χ2v) is 5.16. The topological polar surface area (TPSA) is 42.1 Å². The molecule has 1 N–H and O–H groups in total. The molecule has 0 atom stereocenters. The highest BCUT2D eigenvalue weighted by molar-refractivity contribution is 6.41. The van der Waals surface area contributed by atoms with Gasteiger partial charge in [-0.3, -0.25) is 4.79 Å². The van der Waals surface area contributed by atoms with E-state index in [0.717, 1.165) is 12.8 Å². The number of carbonyl (C=O) groups is 1. The van der Waals surface area contributed by atoms with Gasteiger partial charge in [-0.2, -0.15) is 0 Å². The molecule has 0 saturated heterocycles. The van der Waals surface area contributed by atoms with Gasteiger partial charge in [0, 0.05) is 0 Å². The molecule has 0 unspecified atom stereocenters. The average Bonchev–Trinajstić information content (AvgIpc) is 2.79. The first-order valence-electron chi connectivity index (χ1n) is 6.44. The largest absolute Gasteiger partial charge is 0.493 e. The molecule has 0 amide bonds. The predicted molar refractivity (Wildman–Crippen MR) is 81.1 cm³/mol. The molecular weight excluding hydrogens is 297 g/mol. The van der Waals surface area contributed by atoms with E-state index in [1.807, 2.05) is 6.07 Å². The first kappa shape index (κ1) is 14.9. The van der Waals surface area contributed by atoms with Crippen LogP contribution in [-0.4, -0.2) is 17.4 Å². The Morgan fingerprint density at radius 3 is 2.70 bits per heavy atom. The van der Waals surface area contributed by atoms with Crippen LogP contribution in [0.2, 0.25) is 10.2 Å². The third-order valence-corrected chi connectivity index (χ3v) is 3.55. The summed E-state index contributed by atoms with van der Waals surface area (Å²) >= 11 is 11.7. The van der Waals surface area contributed by atoms with Crippen molar-refractivity contribution < 1.29 is 9.53 Å². The quantitative estimate of drug-likeness (QED) is 0.619. The third kappa shape index (κ3) is 3.35. The minimum atomic E-state index is -0.189. The number of para-hydroxylation sites is 1. The summed E-state index contributed by atoms with van der Waals surface area (Å²) in [5.74, 6) is 0.388. The number of aromatic nitrogens is 1. The number of hydrogen-bond donors (Lipinski definition) is 1. The van der Waals surface area contributed by atoms with Crippen LogP contribution in [0.3, 0.4) is 0 Å². The maximum Gasteiger partial charge on any atom is 0.212 e. The molecule has 1 aromatic heterocycles. The van der Waals surface area contributed by atoms with E-state index in [1.165, 1.54) is 6.07 Å². The van der Waals surface area contributed by atoms with Crippen molar-refractivity contribution in [1.82, 2.24) is 4.98 Å². The maximum atomic E-state index is 12.4. The molecular formula is C15H15Cl2NO2. The van der Waals surface area contributed by atoms with Gasteiger partial charge < -0.3 is 9.72 Å². The van der Waals surface area contributed by atoms with Gasteiger partial charge in [-0.1, -0.05) is 48.7 Å². The highest BCUT2D eigenvalue weighted by Gasteiger charge is 2.17. The smallest absolute Gasteiger partial charge is 0.212 e. The molecule has 0 aliphatic carbocycles. The molecule has 1 aromatic carbocycles. The summed E-state index contributed by atoms with van der Waals surface area (Å²) in [6.07, 6.45) is 1.99. The van der Waals surface area contributed by atoms with Gasteiger partial charge in [-0.25, -0.2) is 0 Å². The highest BCUT2D eigenvalue weighted by atomic mass is 35.5. The van der Waals surface area contributed by atoms with E-state index in [9.17, 15) is 4.79 Å². The fourth-order valence-electron chi connectivity index (χ4n) is 1.78. The lowest BCUT2D eigenvalue weighted by Crippen LogP contribution is -2.06. The van der Waals surface area contributed by atoms with Gasteiger partial charge >= 0.3 is 0 Å². The summed E-state index contributed by atoms with van der Waals surface area (Å²) in [5, 5.41) is 0.596. The van der Waals surface area contributed by atoms with Crippen molar-refractivity contribution in [2.24, 2.45) is 0 Å². The van der Waals surface area contributed by atoms with Crippen LogP contribution in [-0.2, 0) is 0 Å². The molecule has 3 nitrogen and oxygen atoms in total. The zero-order valence-corrected chi connectivity index (χ0v) is 12.6. The van der Waals surface area contributed by atoms with Gasteiger partial charge in [0.25, 0.3) is 0 Å². The predicted octanol–water partition coefficient (Wildman–Crippen LogP) is 4.73. The lowest BCUT2D eigenvalue weighted by atomic mass is 10.1. The van der Waals surface area contributed by atoms with Gasteiger partial charge in [0.1, 0.15) is 10.9 Å². The number of ether oxygens (including phenoxy) is 1. The molecule has 0 fully saturated rings. The van der Waals surface area contributed by atoms with Gasteiger partial charge in [-0.05, 0) is 24.6 Å². The molecule has 0 radical (unpaired) electrons. The van der Waals surface area contributed by atoms with Crippen LogP contribution in [0.4, 0.5) is 0 Å². The van der Waals surface area contributed by atoms with Crippen LogP contribution in [0, 0.1) is 0 Å². The molecule has 2 rings (SSSR count). The van der Waals surface area contributed by atoms with Crippen molar-refractivity contribution in [2.45, 2.75) is 19.8 Å². The second kappa shape index (κ2) is 6.82. The van der Waals surface area contributed by atoms with E-state index in [0.29, 0.717) is 28.6 Å². The Kier molecular flexibility index (Phi) is 5.10. The van der Waals surface area contributed by atoms with Gasteiger partial charge in [0.05, 0.1) is 22.9 Å². The number of ketones is 1. The Labute approximate surface area is 127 Å². The zero-order valence-electron chi connectivity index (χ0n) is 11.1. The van der Waals surface area contributed by atoms with Gasteiger partial charge in [0.2, 0.25) is 5.78 Å². The van der Waals surface area contributed by atoms with Crippen LogP contribution >= 0.6 is 23.2 Å². The maximum absolute atomic E-state index is 12.4. The summed E-state index contributed by atoms with van der Waals surface area (Å²) < 4.78 is 5.66. The molecule has 20 heavy (non-hydrogen) atoms.